The van der Waals surface area contributed by atoms with Crippen LogP contribution in [0.1, 0.15) is 25.7 Å². The molecule has 1 aliphatic rings. The molecule has 1 saturated heterocycles. The van der Waals surface area contributed by atoms with Gasteiger partial charge in [-0.3, -0.25) is 4.57 Å². The second-order valence-electron chi connectivity index (χ2n) is 3.53. The Hall–Kier alpha value is 0.868. The van der Waals surface area contributed by atoms with Gasteiger partial charge in [-0.25, -0.2) is 0 Å². The summed E-state index contributed by atoms with van der Waals surface area (Å²) in [4.78, 5) is 38.2. The Morgan fingerprint density at radius 1 is 1.06 bits per heavy atom. The van der Waals surface area contributed by atoms with Gasteiger partial charge in [0.25, 0.3) is 0 Å². The zero-order chi connectivity index (χ0) is 11.7. The Labute approximate surface area is 120 Å². The minimum atomic E-state index is -5.20. The van der Waals surface area contributed by atoms with Crippen molar-refractivity contribution in [1.29, 1.82) is 0 Å². The second kappa shape index (κ2) is 8.22. The second-order valence-corrected chi connectivity index (χ2v) is 7.49. The predicted octanol–water partition coefficient (Wildman–Crippen LogP) is 1.74. The third-order valence-corrected chi connectivity index (χ3v) is 6.56. The van der Waals surface area contributed by atoms with E-state index in [1.165, 1.54) is 0 Å². The summed E-state index contributed by atoms with van der Waals surface area (Å²) in [5.41, 5.74) is 0. The Kier molecular flexibility index (Phi) is 10.9. The fraction of sp³-hybridized carbons (Fsp3) is 1.00. The first-order valence-electron chi connectivity index (χ1n) is 4.49. The molecule has 0 aromatic carbocycles. The van der Waals surface area contributed by atoms with Gasteiger partial charge in [0.15, 0.2) is 0 Å². The van der Waals surface area contributed by atoms with E-state index in [9.17, 15) is 14.0 Å². The normalized spacial score (nSPS) is 27.6. The molecule has 0 spiro atoms. The van der Waals surface area contributed by atoms with Crippen LogP contribution >= 0.6 is 15.2 Å². The molecule has 1 fully saturated rings. The van der Waals surface area contributed by atoms with Gasteiger partial charge in [0, 0.05) is 5.02 Å². The molecule has 0 amide bonds. The number of rotatable bonds is 2. The fourth-order valence-electron chi connectivity index (χ4n) is 1.62. The smallest absolute Gasteiger partial charge is 0.779 e. The maximum atomic E-state index is 11.2. The molecule has 1 aliphatic heterocycles. The molecule has 9 nitrogen and oxygen atoms in total. The van der Waals surface area contributed by atoms with E-state index >= 15 is 0 Å². The zero-order valence-corrected chi connectivity index (χ0v) is 13.5. The summed E-state index contributed by atoms with van der Waals surface area (Å²) in [6.45, 7) is 0.0396. The van der Waals surface area contributed by atoms with Crippen molar-refractivity contribution in [2.75, 3.05) is 6.54 Å². The van der Waals surface area contributed by atoms with Gasteiger partial charge in [-0.15, -0.1) is 6.54 Å². The first kappa shape index (κ1) is 23.9. The predicted molar refractivity (Wildman–Crippen MR) is 61.9 cm³/mol. The first-order chi connectivity index (χ1) is 6.71. The topological polar surface area (TPSA) is 199 Å². The van der Waals surface area contributed by atoms with Gasteiger partial charge in [-0.05, 0) is 6.42 Å². The molecule has 0 aromatic rings. The van der Waals surface area contributed by atoms with Crippen LogP contribution in [0, 0.1) is 0 Å². The zero-order valence-electron chi connectivity index (χ0n) is 9.41. The van der Waals surface area contributed by atoms with Crippen LogP contribution in [0.3, 0.4) is 0 Å². The van der Waals surface area contributed by atoms with Gasteiger partial charge in [0.2, 0.25) is 0 Å². The van der Waals surface area contributed by atoms with Crippen LogP contribution in [0.5, 0.6) is 0 Å². The summed E-state index contributed by atoms with van der Waals surface area (Å²) in [5, 5.41) is 0.894. The Bertz CT molecular complexity index is 299. The molecule has 0 aliphatic carbocycles. The maximum absolute atomic E-state index is 11.2. The van der Waals surface area contributed by atoms with Crippen LogP contribution in [0.25, 0.3) is 17.6 Å². The van der Waals surface area contributed by atoms with Crippen molar-refractivity contribution in [2.45, 2.75) is 30.7 Å². The van der Waals surface area contributed by atoms with Gasteiger partial charge >= 0.3 is 28.7 Å². The molecule has 7 N–H and O–H groups in total. The SMILES string of the molecule is O=P([O-])(O)C1(P(=O)(O)O)CCCCC[N-]1.[NH2-].[NH2-].[Pt+2]. The molecule has 0 radical (unpaired) electrons. The molecule has 2 atom stereocenters. The maximum Gasteiger partial charge on any atom is 2.00 e. The average Bonchev–Trinajstić information content (AvgIpc) is 2.25. The van der Waals surface area contributed by atoms with E-state index in [0.717, 1.165) is 0 Å². The fourth-order valence-corrected chi connectivity index (χ4v) is 4.39. The Morgan fingerprint density at radius 3 is 1.94 bits per heavy atom. The molecular formula is C6H17N3O6P2Pt-2. The van der Waals surface area contributed by atoms with Crippen molar-refractivity contribution in [2.24, 2.45) is 0 Å². The minimum absolute atomic E-state index is 0. The van der Waals surface area contributed by atoms with Gasteiger partial charge in [-0.2, -0.15) is 0 Å². The summed E-state index contributed by atoms with van der Waals surface area (Å²) in [7, 11) is -10.2. The number of nitrogens with two attached hydrogens (primary N) is 2. The molecule has 18 heavy (non-hydrogen) atoms. The van der Waals surface area contributed by atoms with Crippen molar-refractivity contribution in [3.8, 4) is 0 Å². The van der Waals surface area contributed by atoms with Crippen LogP contribution in [0.2, 0.25) is 0 Å². The molecule has 0 saturated carbocycles. The number of hydrogen-bond donors (Lipinski definition) is 3. The van der Waals surface area contributed by atoms with Crippen LogP contribution < -0.4 is 4.89 Å². The first-order valence-corrected chi connectivity index (χ1v) is 7.68. The van der Waals surface area contributed by atoms with Crippen LogP contribution in [-0.4, -0.2) is 26.2 Å². The number of nitrogens with zero attached hydrogens (tertiary/aromatic N) is 1. The summed E-state index contributed by atoms with van der Waals surface area (Å²) in [6, 6.07) is 0. The minimum Gasteiger partial charge on any atom is -0.779 e. The van der Waals surface area contributed by atoms with Crippen LogP contribution in [0.4, 0.5) is 0 Å². The third kappa shape index (κ3) is 4.76. The van der Waals surface area contributed by atoms with Gasteiger partial charge in [-0.1, -0.05) is 19.3 Å². The number of hydrogen-bond acceptors (Lipinski definition) is 3. The monoisotopic (exact) mass is 484 g/mol. The van der Waals surface area contributed by atoms with Gasteiger partial charge in [0.1, 0.15) is 7.60 Å². The summed E-state index contributed by atoms with van der Waals surface area (Å²) < 4.78 is 22.3. The van der Waals surface area contributed by atoms with E-state index in [0.29, 0.717) is 19.3 Å². The van der Waals surface area contributed by atoms with E-state index in [1.54, 1.807) is 0 Å². The van der Waals surface area contributed by atoms with Crippen LogP contribution in [0.15, 0.2) is 0 Å². The Morgan fingerprint density at radius 2 is 1.56 bits per heavy atom. The molecule has 0 bridgehead atoms. The average molecular weight is 484 g/mol. The molecule has 0 aromatic heterocycles. The summed E-state index contributed by atoms with van der Waals surface area (Å²) in [5.74, 6) is 0. The van der Waals surface area contributed by atoms with Crippen LogP contribution in [-0.2, 0) is 30.2 Å². The van der Waals surface area contributed by atoms with Crippen molar-refractivity contribution in [1.82, 2.24) is 0 Å². The third-order valence-electron chi connectivity index (χ3n) is 2.45. The molecule has 1 heterocycles. The largest absolute Gasteiger partial charge is 2.00 e. The van der Waals surface area contributed by atoms with E-state index in [2.05, 4.69) is 5.32 Å². The molecule has 2 unspecified atom stereocenters. The van der Waals surface area contributed by atoms with Crippen molar-refractivity contribution in [3.63, 3.8) is 0 Å². The van der Waals surface area contributed by atoms with E-state index < -0.39 is 20.2 Å². The van der Waals surface area contributed by atoms with E-state index in [4.69, 9.17) is 14.7 Å². The Balaban J connectivity index is -0.000000750. The summed E-state index contributed by atoms with van der Waals surface area (Å²) in [6.07, 6.45) is 1.21. The van der Waals surface area contributed by atoms with E-state index in [1.807, 2.05) is 0 Å². The van der Waals surface area contributed by atoms with Crippen molar-refractivity contribution < 1.29 is 49.8 Å². The van der Waals surface area contributed by atoms with Gasteiger partial charge < -0.3 is 41.8 Å². The van der Waals surface area contributed by atoms with Gasteiger partial charge in [0.05, 0.1) is 0 Å². The molecule has 114 valence electrons. The molecule has 12 heteroatoms. The standard InChI is InChI=1S/C6H14NO6P2.2H2N.Pt/c8-14(9,10)6(15(11,12)13)4-2-1-3-5-7-6;;;/h1-5H2,(H2,8,9,10)(H2,11,12,13);2*1H2;/q3*-1;+2/p-1. The van der Waals surface area contributed by atoms with Crippen molar-refractivity contribution in [3.05, 3.63) is 17.6 Å². The quantitative estimate of drug-likeness (QED) is 0.499. The molecule has 1 rings (SSSR count). The van der Waals surface area contributed by atoms with Crippen molar-refractivity contribution >= 4 is 15.2 Å². The summed E-state index contributed by atoms with van der Waals surface area (Å²) >= 11 is 0. The molecular weight excluding hydrogens is 467 g/mol. The van der Waals surface area contributed by atoms with E-state index in [-0.39, 0.29) is 46.3 Å².